The zero-order chi connectivity index (χ0) is 19.4. The fourth-order valence-corrected chi connectivity index (χ4v) is 3.13. The van der Waals surface area contributed by atoms with Crippen LogP contribution in [0.15, 0.2) is 24.8 Å². The fourth-order valence-electron chi connectivity index (χ4n) is 3.13. The average molecular weight is 364 g/mol. The first-order chi connectivity index (χ1) is 12.5. The lowest BCUT2D eigenvalue weighted by Gasteiger charge is -2.27. The summed E-state index contributed by atoms with van der Waals surface area (Å²) in [5.41, 5.74) is 8.48. The summed E-state index contributed by atoms with van der Waals surface area (Å²) in [7, 11) is 1.63. The van der Waals surface area contributed by atoms with Crippen LogP contribution in [0.2, 0.25) is 0 Å². The molecule has 26 heavy (non-hydrogen) atoms. The zero-order valence-electron chi connectivity index (χ0n) is 17.1. The van der Waals surface area contributed by atoms with E-state index in [0.29, 0.717) is 18.2 Å². The Morgan fingerprint density at radius 1 is 1.19 bits per heavy atom. The van der Waals surface area contributed by atoms with E-state index in [1.54, 1.807) is 7.11 Å². The number of hydrogen-bond donors (Lipinski definition) is 1. The van der Waals surface area contributed by atoms with E-state index in [1.807, 2.05) is 25.1 Å². The molecule has 2 atom stereocenters. The van der Waals surface area contributed by atoms with Crippen LogP contribution in [0, 0.1) is 12.8 Å². The van der Waals surface area contributed by atoms with Crippen molar-refractivity contribution in [2.24, 2.45) is 11.7 Å². The van der Waals surface area contributed by atoms with Crippen molar-refractivity contribution in [2.45, 2.75) is 65.4 Å². The number of aryl methyl sites for hydroxylation is 1. The van der Waals surface area contributed by atoms with Crippen molar-refractivity contribution in [3.63, 3.8) is 0 Å². The first-order valence-electron chi connectivity index (χ1n) is 9.78. The van der Waals surface area contributed by atoms with E-state index in [4.69, 9.17) is 19.9 Å². The Balaban J connectivity index is 2.77. The van der Waals surface area contributed by atoms with Crippen LogP contribution < -0.4 is 10.5 Å². The van der Waals surface area contributed by atoms with Crippen LogP contribution in [-0.4, -0.2) is 26.6 Å². The fraction of sp³-hybridized carbons (Fsp3) is 0.636. The van der Waals surface area contributed by atoms with Gasteiger partial charge in [-0.05, 0) is 30.9 Å². The van der Waals surface area contributed by atoms with Crippen LogP contribution in [0.3, 0.4) is 0 Å². The number of rotatable bonds is 14. The number of nitrogens with two attached hydrogens (primary N) is 1. The standard InChI is InChI=1S/C22H37NO3/c1-6-7-8-9-10-12-17(2)21(15-25-16-24-5)26-20-14-11-13-18(3)22(20)19(4)23/h11,13-14,17,21H,4,6-10,12,15-16,23H2,1-3,5H3. The van der Waals surface area contributed by atoms with Gasteiger partial charge < -0.3 is 19.9 Å². The highest BCUT2D eigenvalue weighted by Gasteiger charge is 2.21. The topological polar surface area (TPSA) is 53.7 Å². The van der Waals surface area contributed by atoms with Gasteiger partial charge in [-0.25, -0.2) is 0 Å². The van der Waals surface area contributed by atoms with Gasteiger partial charge in [0, 0.05) is 18.4 Å². The lowest BCUT2D eigenvalue weighted by molar-refractivity contribution is -0.0662. The Morgan fingerprint density at radius 3 is 2.58 bits per heavy atom. The van der Waals surface area contributed by atoms with Gasteiger partial charge in [-0.1, -0.05) is 64.7 Å². The van der Waals surface area contributed by atoms with Gasteiger partial charge >= 0.3 is 0 Å². The van der Waals surface area contributed by atoms with Crippen molar-refractivity contribution in [1.29, 1.82) is 0 Å². The summed E-state index contributed by atoms with van der Waals surface area (Å²) in [6.45, 7) is 11.2. The molecule has 0 heterocycles. The third-order valence-corrected chi connectivity index (χ3v) is 4.72. The van der Waals surface area contributed by atoms with E-state index in [-0.39, 0.29) is 12.9 Å². The molecule has 2 unspecified atom stereocenters. The Labute approximate surface area is 159 Å². The van der Waals surface area contributed by atoms with E-state index in [1.165, 1.54) is 32.1 Å². The molecular formula is C22H37NO3. The predicted octanol–water partition coefficient (Wildman–Crippen LogP) is 5.29. The monoisotopic (exact) mass is 363 g/mol. The van der Waals surface area contributed by atoms with E-state index < -0.39 is 0 Å². The zero-order valence-corrected chi connectivity index (χ0v) is 17.1. The first kappa shape index (κ1) is 22.5. The van der Waals surface area contributed by atoms with E-state index in [0.717, 1.165) is 23.3 Å². The molecule has 0 saturated carbocycles. The molecule has 4 heteroatoms. The maximum Gasteiger partial charge on any atom is 0.146 e. The van der Waals surface area contributed by atoms with Crippen molar-refractivity contribution in [3.8, 4) is 5.75 Å². The summed E-state index contributed by atoms with van der Waals surface area (Å²) in [6.07, 6.45) is 7.46. The quantitative estimate of drug-likeness (QED) is 0.360. The second kappa shape index (κ2) is 12.8. The van der Waals surface area contributed by atoms with Gasteiger partial charge in [0.25, 0.3) is 0 Å². The summed E-state index contributed by atoms with van der Waals surface area (Å²) in [5.74, 6) is 1.16. The van der Waals surface area contributed by atoms with Gasteiger partial charge in [0.1, 0.15) is 18.6 Å². The van der Waals surface area contributed by atoms with Crippen molar-refractivity contribution < 1.29 is 14.2 Å². The molecule has 1 aromatic carbocycles. The Bertz CT molecular complexity index is 530. The number of benzene rings is 1. The number of ether oxygens (including phenoxy) is 3. The molecule has 2 N–H and O–H groups in total. The molecule has 0 bridgehead atoms. The molecule has 1 rings (SSSR count). The van der Waals surface area contributed by atoms with E-state index in [2.05, 4.69) is 20.4 Å². The molecule has 0 amide bonds. The second-order valence-corrected chi connectivity index (χ2v) is 7.09. The first-order valence-corrected chi connectivity index (χ1v) is 9.78. The highest BCUT2D eigenvalue weighted by molar-refractivity contribution is 5.69. The highest BCUT2D eigenvalue weighted by Crippen LogP contribution is 2.29. The van der Waals surface area contributed by atoms with Crippen LogP contribution >= 0.6 is 0 Å². The summed E-state index contributed by atoms with van der Waals surface area (Å²) >= 11 is 0. The molecule has 0 radical (unpaired) electrons. The van der Waals surface area contributed by atoms with Gasteiger partial charge in [-0.2, -0.15) is 0 Å². The summed E-state index contributed by atoms with van der Waals surface area (Å²) in [6, 6.07) is 5.96. The van der Waals surface area contributed by atoms with Gasteiger partial charge in [0.2, 0.25) is 0 Å². The van der Waals surface area contributed by atoms with Gasteiger partial charge in [0.15, 0.2) is 0 Å². The molecule has 0 aromatic heterocycles. The number of hydrogen-bond acceptors (Lipinski definition) is 4. The normalized spacial score (nSPS) is 13.4. The minimum atomic E-state index is -0.0452. The molecule has 0 saturated heterocycles. The van der Waals surface area contributed by atoms with E-state index >= 15 is 0 Å². The maximum absolute atomic E-state index is 6.35. The van der Waals surface area contributed by atoms with Gasteiger partial charge in [-0.15, -0.1) is 0 Å². The maximum atomic E-state index is 6.35. The molecule has 0 aliphatic heterocycles. The molecule has 4 nitrogen and oxygen atoms in total. The second-order valence-electron chi connectivity index (χ2n) is 7.09. The van der Waals surface area contributed by atoms with Crippen LogP contribution in [0.1, 0.15) is 63.5 Å². The van der Waals surface area contributed by atoms with Crippen molar-refractivity contribution >= 4 is 5.70 Å². The van der Waals surface area contributed by atoms with Crippen molar-refractivity contribution in [3.05, 3.63) is 35.9 Å². The molecule has 148 valence electrons. The van der Waals surface area contributed by atoms with Crippen LogP contribution in [-0.2, 0) is 9.47 Å². The van der Waals surface area contributed by atoms with Crippen LogP contribution in [0.25, 0.3) is 5.70 Å². The average Bonchev–Trinajstić information content (AvgIpc) is 2.60. The number of unbranched alkanes of at least 4 members (excludes halogenated alkanes) is 4. The summed E-state index contributed by atoms with van der Waals surface area (Å²) < 4.78 is 17.0. The minimum absolute atomic E-state index is 0.0452. The molecule has 0 spiro atoms. The lowest BCUT2D eigenvalue weighted by Crippen LogP contribution is -2.31. The molecule has 0 aliphatic carbocycles. The molecule has 0 fully saturated rings. The third kappa shape index (κ3) is 7.79. The number of methoxy groups -OCH3 is 1. The molecule has 1 aromatic rings. The highest BCUT2D eigenvalue weighted by atomic mass is 16.7. The summed E-state index contributed by atoms with van der Waals surface area (Å²) in [4.78, 5) is 0. The molecule has 0 aliphatic rings. The Kier molecular flexibility index (Phi) is 11.1. The third-order valence-electron chi connectivity index (χ3n) is 4.72. The minimum Gasteiger partial charge on any atom is -0.487 e. The van der Waals surface area contributed by atoms with Crippen LogP contribution in [0.4, 0.5) is 0 Å². The molecular weight excluding hydrogens is 326 g/mol. The predicted molar refractivity (Wildman–Crippen MR) is 109 cm³/mol. The summed E-state index contributed by atoms with van der Waals surface area (Å²) in [5, 5.41) is 0. The largest absolute Gasteiger partial charge is 0.487 e. The Morgan fingerprint density at radius 2 is 1.92 bits per heavy atom. The smallest absolute Gasteiger partial charge is 0.146 e. The van der Waals surface area contributed by atoms with Crippen molar-refractivity contribution in [2.75, 3.05) is 20.5 Å². The van der Waals surface area contributed by atoms with E-state index in [9.17, 15) is 0 Å². The lowest BCUT2D eigenvalue weighted by atomic mass is 9.96. The van der Waals surface area contributed by atoms with Gasteiger partial charge in [0.05, 0.1) is 6.61 Å². The van der Waals surface area contributed by atoms with Crippen molar-refractivity contribution in [1.82, 2.24) is 0 Å². The van der Waals surface area contributed by atoms with Gasteiger partial charge in [-0.3, -0.25) is 0 Å². The SMILES string of the molecule is C=C(N)c1c(C)cccc1OC(COCOC)C(C)CCCCCCC. The van der Waals surface area contributed by atoms with Crippen LogP contribution in [0.5, 0.6) is 5.75 Å². The Hall–Kier alpha value is -1.52.